The Hall–Kier alpha value is -0.130. The molecule has 1 aliphatic rings. The molecule has 0 aromatic carbocycles. The van der Waals surface area contributed by atoms with E-state index < -0.39 is 0 Å². The summed E-state index contributed by atoms with van der Waals surface area (Å²) in [6.45, 7) is 0.632. The molecule has 1 saturated carbocycles. The molecule has 1 aromatic heterocycles. The lowest BCUT2D eigenvalue weighted by Crippen LogP contribution is -2.42. The normalized spacial score (nSPS) is 16.9. The van der Waals surface area contributed by atoms with Crippen LogP contribution in [0.2, 0.25) is 0 Å². The first-order chi connectivity index (χ1) is 6.27. The number of hydrogen-bond acceptors (Lipinski definition) is 2. The van der Waals surface area contributed by atoms with Gasteiger partial charge in [0.1, 0.15) is 0 Å². The van der Waals surface area contributed by atoms with Gasteiger partial charge in [0.25, 0.3) is 0 Å². The van der Waals surface area contributed by atoms with Crippen molar-refractivity contribution in [2.24, 2.45) is 5.73 Å². The van der Waals surface area contributed by atoms with Crippen LogP contribution in [0.1, 0.15) is 25.0 Å². The van der Waals surface area contributed by atoms with Gasteiger partial charge in [0, 0.05) is 36.0 Å². The van der Waals surface area contributed by atoms with Crippen molar-refractivity contribution < 1.29 is 0 Å². The molecule has 0 saturated heterocycles. The van der Waals surface area contributed by atoms with Crippen LogP contribution >= 0.6 is 34.0 Å². The zero-order valence-electron chi connectivity index (χ0n) is 8.36. The van der Waals surface area contributed by atoms with E-state index in [0.29, 0.717) is 6.54 Å². The summed E-state index contributed by atoms with van der Waals surface area (Å²) in [4.78, 5) is 14.3. The fraction of sp³-hybridized carbons (Fsp3) is 0.500. The maximum atomic E-state index is 11.1. The molecule has 0 unspecified atom stereocenters. The first-order valence-corrected chi connectivity index (χ1v) is 4.66. The van der Waals surface area contributed by atoms with Crippen LogP contribution in [0, 0.1) is 0 Å². The summed E-state index contributed by atoms with van der Waals surface area (Å²) in [7, 11) is 0. The first-order valence-electron chi connectivity index (χ1n) is 4.66. The summed E-state index contributed by atoms with van der Waals surface area (Å²) in [5, 5.41) is 0. The van der Waals surface area contributed by atoms with E-state index in [0.717, 1.165) is 18.5 Å². The smallest absolute Gasteiger partial charge is 0.181 e. The molecular weight excluding hydrogens is 324 g/mol. The summed E-state index contributed by atoms with van der Waals surface area (Å²) >= 11 is 0. The highest BCUT2D eigenvalue weighted by Gasteiger charge is 2.37. The van der Waals surface area contributed by atoms with E-state index in [9.17, 15) is 4.79 Å². The molecule has 3 N–H and O–H groups in total. The molecule has 0 amide bonds. The van der Waals surface area contributed by atoms with Crippen molar-refractivity contribution in [2.75, 3.05) is 6.54 Å². The topological polar surface area (TPSA) is 58.9 Å². The van der Waals surface area contributed by atoms with Crippen molar-refractivity contribution in [1.82, 2.24) is 4.98 Å². The van der Waals surface area contributed by atoms with Gasteiger partial charge in [-0.3, -0.25) is 4.79 Å². The predicted molar refractivity (Wildman–Crippen MR) is 72.3 cm³/mol. The minimum atomic E-state index is 0. The molecule has 0 aliphatic heterocycles. The number of pyridine rings is 1. The predicted octanol–water partition coefficient (Wildman–Crippen LogP) is 1.91. The Labute approximate surface area is 110 Å². The highest BCUT2D eigenvalue weighted by atomic mass is 79.9. The van der Waals surface area contributed by atoms with Crippen LogP contribution < -0.4 is 11.2 Å². The first kappa shape index (κ1) is 14.9. The number of H-pyrrole nitrogens is 1. The van der Waals surface area contributed by atoms with E-state index in [2.05, 4.69) is 4.98 Å². The van der Waals surface area contributed by atoms with E-state index in [1.165, 1.54) is 12.5 Å². The SMILES string of the molecule is Br.Br.NCC1(c2cc(=O)cc[nH]2)CCC1. The van der Waals surface area contributed by atoms with Crippen LogP contribution in [0.4, 0.5) is 0 Å². The Bertz CT molecular complexity index is 355. The molecule has 86 valence electrons. The Kier molecular flexibility index (Phi) is 5.77. The number of hydrogen-bond donors (Lipinski definition) is 2. The summed E-state index contributed by atoms with van der Waals surface area (Å²) < 4.78 is 0. The minimum Gasteiger partial charge on any atom is -0.364 e. The molecule has 0 bridgehead atoms. The zero-order valence-corrected chi connectivity index (χ0v) is 11.8. The number of aromatic nitrogens is 1. The fourth-order valence-corrected chi connectivity index (χ4v) is 1.94. The third kappa shape index (κ3) is 2.71. The van der Waals surface area contributed by atoms with E-state index in [4.69, 9.17) is 5.73 Å². The largest absolute Gasteiger partial charge is 0.364 e. The van der Waals surface area contributed by atoms with Gasteiger partial charge in [0.2, 0.25) is 0 Å². The Morgan fingerprint density at radius 1 is 1.40 bits per heavy atom. The molecule has 2 rings (SSSR count). The number of nitrogens with one attached hydrogen (secondary N) is 1. The average molecular weight is 340 g/mol. The summed E-state index contributed by atoms with van der Waals surface area (Å²) in [5.74, 6) is 0. The van der Waals surface area contributed by atoms with Crippen molar-refractivity contribution in [1.29, 1.82) is 0 Å². The minimum absolute atomic E-state index is 0. The molecule has 3 nitrogen and oxygen atoms in total. The van der Waals surface area contributed by atoms with Gasteiger partial charge in [-0.25, -0.2) is 0 Å². The van der Waals surface area contributed by atoms with Crippen molar-refractivity contribution in [3.8, 4) is 0 Å². The molecule has 5 heteroatoms. The second-order valence-corrected chi connectivity index (χ2v) is 3.78. The number of rotatable bonds is 2. The van der Waals surface area contributed by atoms with E-state index >= 15 is 0 Å². The van der Waals surface area contributed by atoms with Crippen LogP contribution in [0.15, 0.2) is 23.1 Å². The average Bonchev–Trinajstić information content (AvgIpc) is 2.03. The second kappa shape index (κ2) is 5.82. The van der Waals surface area contributed by atoms with Crippen LogP contribution in [0.5, 0.6) is 0 Å². The standard InChI is InChI=1S/C10H14N2O.2BrH/c11-7-10(3-1-4-10)9-6-8(13)2-5-12-9;;/h2,5-6H,1,3-4,7,11H2,(H,12,13);2*1H. The van der Waals surface area contributed by atoms with E-state index in [1.54, 1.807) is 12.3 Å². The zero-order chi connectivity index (χ0) is 9.31. The molecule has 1 fully saturated rings. The number of aromatic amines is 1. The highest BCUT2D eigenvalue weighted by molar-refractivity contribution is 8.93. The molecule has 15 heavy (non-hydrogen) atoms. The van der Waals surface area contributed by atoms with Gasteiger partial charge in [-0.1, -0.05) is 6.42 Å². The van der Waals surface area contributed by atoms with Crippen LogP contribution in [0.25, 0.3) is 0 Å². The van der Waals surface area contributed by atoms with Crippen LogP contribution in [-0.2, 0) is 5.41 Å². The highest BCUT2D eigenvalue weighted by Crippen LogP contribution is 2.41. The quantitative estimate of drug-likeness (QED) is 0.864. The van der Waals surface area contributed by atoms with Gasteiger partial charge >= 0.3 is 0 Å². The molecule has 1 aliphatic carbocycles. The van der Waals surface area contributed by atoms with Gasteiger partial charge in [-0.15, -0.1) is 34.0 Å². The molecule has 0 atom stereocenters. The van der Waals surface area contributed by atoms with Gasteiger partial charge in [0.05, 0.1) is 0 Å². The molecule has 1 heterocycles. The number of nitrogens with two attached hydrogens (primary N) is 1. The lowest BCUT2D eigenvalue weighted by molar-refractivity contribution is 0.245. The second-order valence-electron chi connectivity index (χ2n) is 3.78. The monoisotopic (exact) mass is 338 g/mol. The van der Waals surface area contributed by atoms with E-state index in [-0.39, 0.29) is 44.8 Å². The lowest BCUT2D eigenvalue weighted by atomic mass is 9.66. The number of halogens is 2. The van der Waals surface area contributed by atoms with Gasteiger partial charge < -0.3 is 10.7 Å². The third-order valence-corrected chi connectivity index (χ3v) is 3.05. The molecular formula is C10H16Br2N2O. The Balaban J connectivity index is 0.000000980. The van der Waals surface area contributed by atoms with Gasteiger partial charge in [-0.2, -0.15) is 0 Å². The van der Waals surface area contributed by atoms with Gasteiger partial charge in [0.15, 0.2) is 5.43 Å². The fourth-order valence-electron chi connectivity index (χ4n) is 1.94. The van der Waals surface area contributed by atoms with Crippen molar-refractivity contribution >= 4 is 34.0 Å². The van der Waals surface area contributed by atoms with Gasteiger partial charge in [-0.05, 0) is 12.8 Å². The van der Waals surface area contributed by atoms with Crippen molar-refractivity contribution in [3.05, 3.63) is 34.2 Å². The van der Waals surface area contributed by atoms with Crippen LogP contribution in [0.3, 0.4) is 0 Å². The van der Waals surface area contributed by atoms with E-state index in [1.807, 2.05) is 0 Å². The third-order valence-electron chi connectivity index (χ3n) is 3.05. The Morgan fingerprint density at radius 2 is 2.07 bits per heavy atom. The molecule has 0 spiro atoms. The van der Waals surface area contributed by atoms with Crippen molar-refractivity contribution in [3.63, 3.8) is 0 Å². The maximum Gasteiger partial charge on any atom is 0.181 e. The summed E-state index contributed by atoms with van der Waals surface area (Å²) in [6, 6.07) is 3.21. The molecule has 1 aromatic rings. The molecule has 0 radical (unpaired) electrons. The Morgan fingerprint density at radius 3 is 2.47 bits per heavy atom. The summed E-state index contributed by atoms with van der Waals surface area (Å²) in [5.41, 5.74) is 6.87. The van der Waals surface area contributed by atoms with Crippen LogP contribution in [-0.4, -0.2) is 11.5 Å². The summed E-state index contributed by atoms with van der Waals surface area (Å²) in [6.07, 6.45) is 5.12. The van der Waals surface area contributed by atoms with Crippen molar-refractivity contribution in [2.45, 2.75) is 24.7 Å². The lowest BCUT2D eigenvalue weighted by Gasteiger charge is -2.40. The maximum absolute atomic E-state index is 11.1.